The van der Waals surface area contributed by atoms with E-state index in [-0.39, 0.29) is 6.42 Å². The molecule has 1 aliphatic heterocycles. The number of benzene rings is 1. The zero-order chi connectivity index (χ0) is 11.7. The van der Waals surface area contributed by atoms with Crippen LogP contribution in [0.4, 0.5) is 0 Å². The Kier molecular flexibility index (Phi) is 3.38. The van der Waals surface area contributed by atoms with E-state index in [4.69, 9.17) is 21.6 Å². The fourth-order valence-corrected chi connectivity index (χ4v) is 3.02. The van der Waals surface area contributed by atoms with Gasteiger partial charge in [0.15, 0.2) is 0 Å². The van der Waals surface area contributed by atoms with E-state index in [1.807, 2.05) is 6.07 Å². The first-order valence-electron chi connectivity index (χ1n) is 4.83. The van der Waals surface area contributed by atoms with Crippen LogP contribution in [0.15, 0.2) is 10.5 Å². The van der Waals surface area contributed by atoms with Gasteiger partial charge in [0.05, 0.1) is 30.2 Å². The molecule has 0 spiro atoms. The van der Waals surface area contributed by atoms with Crippen LogP contribution in [0.3, 0.4) is 0 Å². The summed E-state index contributed by atoms with van der Waals surface area (Å²) in [5.74, 6) is 0.636. The second kappa shape index (κ2) is 4.62. The highest BCUT2D eigenvalue weighted by Gasteiger charge is 2.25. The molecule has 1 aromatic carbocycles. The molecule has 1 heterocycles. The van der Waals surface area contributed by atoms with E-state index >= 15 is 0 Å². The van der Waals surface area contributed by atoms with Crippen molar-refractivity contribution in [2.24, 2.45) is 0 Å². The van der Waals surface area contributed by atoms with Crippen LogP contribution < -0.4 is 4.74 Å². The summed E-state index contributed by atoms with van der Waals surface area (Å²) in [6.45, 7) is 0.567. The summed E-state index contributed by atoms with van der Waals surface area (Å²) in [4.78, 5) is 0. The van der Waals surface area contributed by atoms with E-state index < -0.39 is 6.10 Å². The second-order valence-electron chi connectivity index (χ2n) is 3.54. The largest absolute Gasteiger partial charge is 0.491 e. The maximum absolute atomic E-state index is 9.91. The standard InChI is InChI=1S/C11H9BrClNO2/c12-7-5-8(13)11-6(2-4-16-11)10(7)9(15)1-3-14/h5,9,15H,1-2,4H2. The van der Waals surface area contributed by atoms with Crippen molar-refractivity contribution in [2.75, 3.05) is 6.61 Å². The summed E-state index contributed by atoms with van der Waals surface area (Å²) in [5.41, 5.74) is 1.63. The lowest BCUT2D eigenvalue weighted by Crippen LogP contribution is -2.02. The van der Waals surface area contributed by atoms with Crippen LogP contribution in [0, 0.1) is 11.3 Å². The zero-order valence-electron chi connectivity index (χ0n) is 8.33. The van der Waals surface area contributed by atoms with Crippen molar-refractivity contribution < 1.29 is 9.84 Å². The summed E-state index contributed by atoms with van der Waals surface area (Å²) in [6.07, 6.45) is -0.0222. The van der Waals surface area contributed by atoms with Crippen molar-refractivity contribution in [3.63, 3.8) is 0 Å². The molecule has 0 saturated carbocycles. The topological polar surface area (TPSA) is 53.2 Å². The van der Waals surface area contributed by atoms with Crippen LogP contribution in [-0.2, 0) is 6.42 Å². The van der Waals surface area contributed by atoms with Gasteiger partial charge >= 0.3 is 0 Å². The molecule has 2 rings (SSSR count). The lowest BCUT2D eigenvalue weighted by Gasteiger charge is -2.14. The van der Waals surface area contributed by atoms with E-state index in [0.29, 0.717) is 23.8 Å². The maximum Gasteiger partial charge on any atom is 0.141 e. The molecule has 84 valence electrons. The molecule has 0 amide bonds. The Balaban J connectivity index is 2.53. The molecule has 1 aromatic rings. The van der Waals surface area contributed by atoms with Crippen LogP contribution >= 0.6 is 27.5 Å². The van der Waals surface area contributed by atoms with Crippen LogP contribution in [0.25, 0.3) is 0 Å². The summed E-state index contributed by atoms with van der Waals surface area (Å²) in [6, 6.07) is 3.65. The number of nitrogens with zero attached hydrogens (tertiary/aromatic N) is 1. The summed E-state index contributed by atoms with van der Waals surface area (Å²) in [7, 11) is 0. The third-order valence-electron chi connectivity index (χ3n) is 2.54. The first-order valence-corrected chi connectivity index (χ1v) is 6.00. The number of aliphatic hydroxyl groups excluding tert-OH is 1. The number of aliphatic hydroxyl groups is 1. The van der Waals surface area contributed by atoms with Crippen molar-refractivity contribution >= 4 is 27.5 Å². The SMILES string of the molecule is N#CCC(O)c1c(Br)cc(Cl)c2c1CCO2. The predicted octanol–water partition coefficient (Wildman–Crippen LogP) is 2.98. The van der Waals surface area contributed by atoms with E-state index in [2.05, 4.69) is 15.9 Å². The molecule has 0 radical (unpaired) electrons. The Bertz CT molecular complexity index is 470. The van der Waals surface area contributed by atoms with Gasteiger partial charge in [-0.15, -0.1) is 0 Å². The average molecular weight is 303 g/mol. The molecule has 0 saturated heterocycles. The molecule has 0 fully saturated rings. The molecule has 0 aliphatic carbocycles. The number of halogens is 2. The molecule has 3 nitrogen and oxygen atoms in total. The Labute approximate surface area is 107 Å². The van der Waals surface area contributed by atoms with Gasteiger partial charge in [-0.05, 0) is 6.07 Å². The highest BCUT2D eigenvalue weighted by atomic mass is 79.9. The van der Waals surface area contributed by atoms with Gasteiger partial charge < -0.3 is 9.84 Å². The Hall–Kier alpha value is -0.760. The fourth-order valence-electron chi connectivity index (χ4n) is 1.87. The third kappa shape index (κ3) is 1.91. The predicted molar refractivity (Wildman–Crippen MR) is 63.5 cm³/mol. The lowest BCUT2D eigenvalue weighted by atomic mass is 9.99. The van der Waals surface area contributed by atoms with E-state index in [0.717, 1.165) is 15.6 Å². The van der Waals surface area contributed by atoms with Crippen LogP contribution in [0.1, 0.15) is 23.7 Å². The molecule has 1 N–H and O–H groups in total. The molecule has 1 aliphatic rings. The quantitative estimate of drug-likeness (QED) is 0.913. The molecule has 5 heteroatoms. The van der Waals surface area contributed by atoms with Crippen molar-refractivity contribution in [1.82, 2.24) is 0 Å². The molecule has 1 atom stereocenters. The fraction of sp³-hybridized carbons (Fsp3) is 0.364. The van der Waals surface area contributed by atoms with Crippen molar-refractivity contribution in [1.29, 1.82) is 5.26 Å². The van der Waals surface area contributed by atoms with Crippen LogP contribution in [0.2, 0.25) is 5.02 Å². The van der Waals surface area contributed by atoms with Gasteiger partial charge in [-0.3, -0.25) is 0 Å². The van der Waals surface area contributed by atoms with Crippen molar-refractivity contribution in [2.45, 2.75) is 18.9 Å². The van der Waals surface area contributed by atoms with Gasteiger partial charge in [0.25, 0.3) is 0 Å². The molecule has 1 unspecified atom stereocenters. The lowest BCUT2D eigenvalue weighted by molar-refractivity contribution is 0.182. The minimum absolute atomic E-state index is 0.0622. The highest BCUT2D eigenvalue weighted by molar-refractivity contribution is 9.10. The second-order valence-corrected chi connectivity index (χ2v) is 4.80. The Morgan fingerprint density at radius 1 is 1.69 bits per heavy atom. The first-order chi connectivity index (χ1) is 7.65. The molecule has 0 bridgehead atoms. The number of ether oxygens (including phenoxy) is 1. The smallest absolute Gasteiger partial charge is 0.141 e. The summed E-state index contributed by atoms with van der Waals surface area (Å²) in [5, 5.41) is 19.0. The maximum atomic E-state index is 9.91. The monoisotopic (exact) mass is 301 g/mol. The molecule has 16 heavy (non-hydrogen) atoms. The molecular formula is C11H9BrClNO2. The van der Waals surface area contributed by atoms with E-state index in [1.54, 1.807) is 6.07 Å². The molecular weight excluding hydrogens is 293 g/mol. The highest BCUT2D eigenvalue weighted by Crippen LogP contribution is 2.42. The first kappa shape index (κ1) is 11.7. The van der Waals surface area contributed by atoms with E-state index in [1.165, 1.54) is 0 Å². The van der Waals surface area contributed by atoms with Crippen LogP contribution in [-0.4, -0.2) is 11.7 Å². The normalized spacial score (nSPS) is 15.1. The zero-order valence-corrected chi connectivity index (χ0v) is 10.7. The number of hydrogen-bond acceptors (Lipinski definition) is 3. The minimum atomic E-state index is -0.799. The van der Waals surface area contributed by atoms with Crippen LogP contribution in [0.5, 0.6) is 5.75 Å². The number of rotatable bonds is 2. The number of nitriles is 1. The van der Waals surface area contributed by atoms with Crippen molar-refractivity contribution in [3.05, 3.63) is 26.7 Å². The van der Waals surface area contributed by atoms with Gasteiger partial charge in [-0.2, -0.15) is 5.26 Å². The van der Waals surface area contributed by atoms with Gasteiger partial charge in [0, 0.05) is 22.0 Å². The van der Waals surface area contributed by atoms with E-state index in [9.17, 15) is 5.11 Å². The van der Waals surface area contributed by atoms with Gasteiger partial charge in [-0.1, -0.05) is 27.5 Å². The summed E-state index contributed by atoms with van der Waals surface area (Å²) >= 11 is 9.39. The number of hydrogen-bond donors (Lipinski definition) is 1. The van der Waals surface area contributed by atoms with Gasteiger partial charge in [0.1, 0.15) is 5.75 Å². The Morgan fingerprint density at radius 3 is 3.12 bits per heavy atom. The number of fused-ring (bicyclic) bond motifs is 1. The molecule has 0 aromatic heterocycles. The van der Waals surface area contributed by atoms with Crippen molar-refractivity contribution in [3.8, 4) is 11.8 Å². The Morgan fingerprint density at radius 2 is 2.44 bits per heavy atom. The van der Waals surface area contributed by atoms with Gasteiger partial charge in [-0.25, -0.2) is 0 Å². The average Bonchev–Trinajstić information content (AvgIpc) is 2.66. The minimum Gasteiger partial charge on any atom is -0.491 e. The third-order valence-corrected chi connectivity index (χ3v) is 3.48. The van der Waals surface area contributed by atoms with Gasteiger partial charge in [0.2, 0.25) is 0 Å². The summed E-state index contributed by atoms with van der Waals surface area (Å²) < 4.78 is 6.13.